The van der Waals surface area contributed by atoms with Crippen LogP contribution < -0.4 is 5.32 Å². The number of thioether (sulfide) groups is 1. The molecule has 0 saturated heterocycles. The molecule has 1 atom stereocenters. The standard InChI is InChI=1S/C20H20N2O2S/c1-14-15(2)24-18(22-14)13-21-20(23)19(16-9-5-3-6-10-16)25-17-11-7-4-8-12-17/h3-12,19H,13H2,1-2H3,(H,21,23). The van der Waals surface area contributed by atoms with Gasteiger partial charge in [0.25, 0.3) is 0 Å². The Hall–Kier alpha value is -2.53. The lowest BCUT2D eigenvalue weighted by atomic mass is 10.1. The Balaban J connectivity index is 1.75. The molecular formula is C20H20N2O2S. The van der Waals surface area contributed by atoms with Gasteiger partial charge in [-0.2, -0.15) is 0 Å². The highest BCUT2D eigenvalue weighted by Crippen LogP contribution is 2.35. The lowest BCUT2D eigenvalue weighted by molar-refractivity contribution is -0.120. The maximum Gasteiger partial charge on any atom is 0.238 e. The van der Waals surface area contributed by atoms with E-state index in [1.54, 1.807) is 0 Å². The monoisotopic (exact) mass is 352 g/mol. The van der Waals surface area contributed by atoms with E-state index in [4.69, 9.17) is 4.42 Å². The van der Waals surface area contributed by atoms with Crippen molar-refractivity contribution in [2.45, 2.75) is 30.5 Å². The van der Waals surface area contributed by atoms with E-state index >= 15 is 0 Å². The van der Waals surface area contributed by atoms with Gasteiger partial charge < -0.3 is 9.73 Å². The first-order chi connectivity index (χ1) is 12.1. The van der Waals surface area contributed by atoms with Crippen molar-refractivity contribution in [2.24, 2.45) is 0 Å². The van der Waals surface area contributed by atoms with Crippen LogP contribution in [-0.4, -0.2) is 10.9 Å². The van der Waals surface area contributed by atoms with Crippen LogP contribution in [0.5, 0.6) is 0 Å². The molecular weight excluding hydrogens is 332 g/mol. The first-order valence-electron chi connectivity index (χ1n) is 8.11. The summed E-state index contributed by atoms with van der Waals surface area (Å²) in [5.41, 5.74) is 1.82. The van der Waals surface area contributed by atoms with Gasteiger partial charge >= 0.3 is 0 Å². The van der Waals surface area contributed by atoms with Crippen molar-refractivity contribution in [3.05, 3.63) is 83.6 Å². The van der Waals surface area contributed by atoms with Gasteiger partial charge in [0.15, 0.2) is 0 Å². The normalized spacial score (nSPS) is 11.9. The average molecular weight is 352 g/mol. The number of carbonyl (C=O) groups is 1. The molecule has 0 radical (unpaired) electrons. The van der Waals surface area contributed by atoms with Gasteiger partial charge in [0.05, 0.1) is 12.2 Å². The van der Waals surface area contributed by atoms with E-state index in [9.17, 15) is 4.79 Å². The quantitative estimate of drug-likeness (QED) is 0.666. The van der Waals surface area contributed by atoms with E-state index in [1.165, 1.54) is 11.8 Å². The molecule has 0 spiro atoms. The predicted molar refractivity (Wildman–Crippen MR) is 99.3 cm³/mol. The molecule has 0 bridgehead atoms. The smallest absolute Gasteiger partial charge is 0.238 e. The number of rotatable bonds is 6. The molecule has 0 saturated carbocycles. The number of hydrogen-bond acceptors (Lipinski definition) is 4. The van der Waals surface area contributed by atoms with E-state index in [1.807, 2.05) is 74.5 Å². The summed E-state index contributed by atoms with van der Waals surface area (Å²) in [7, 11) is 0. The van der Waals surface area contributed by atoms with Gasteiger partial charge in [-0.1, -0.05) is 48.5 Å². The van der Waals surface area contributed by atoms with Crippen LogP contribution in [0.25, 0.3) is 0 Å². The van der Waals surface area contributed by atoms with Crippen LogP contribution in [0.1, 0.15) is 28.2 Å². The minimum atomic E-state index is -0.333. The SMILES string of the molecule is Cc1nc(CNC(=O)C(Sc2ccccc2)c2ccccc2)oc1C. The molecule has 128 valence electrons. The zero-order chi connectivity index (χ0) is 17.6. The molecule has 25 heavy (non-hydrogen) atoms. The summed E-state index contributed by atoms with van der Waals surface area (Å²) in [5.74, 6) is 1.25. The van der Waals surface area contributed by atoms with Crippen molar-refractivity contribution in [3.63, 3.8) is 0 Å². The fourth-order valence-electron chi connectivity index (χ4n) is 2.41. The fourth-order valence-corrected chi connectivity index (χ4v) is 3.48. The number of carbonyl (C=O) groups excluding carboxylic acids is 1. The molecule has 5 heteroatoms. The third-order valence-electron chi connectivity index (χ3n) is 3.82. The summed E-state index contributed by atoms with van der Waals surface area (Å²) >= 11 is 1.53. The Bertz CT molecular complexity index is 812. The van der Waals surface area contributed by atoms with Crippen molar-refractivity contribution >= 4 is 17.7 Å². The molecule has 1 amide bonds. The van der Waals surface area contributed by atoms with Crippen LogP contribution in [0.2, 0.25) is 0 Å². The first kappa shape index (κ1) is 17.3. The molecule has 0 aliphatic rings. The second kappa shape index (κ2) is 8.03. The van der Waals surface area contributed by atoms with Gasteiger partial charge in [0, 0.05) is 4.90 Å². The molecule has 1 heterocycles. The Labute approximate surface area is 151 Å². The van der Waals surface area contributed by atoms with Gasteiger partial charge in [-0.05, 0) is 31.5 Å². The van der Waals surface area contributed by atoms with Gasteiger partial charge in [0.1, 0.15) is 11.0 Å². The summed E-state index contributed by atoms with van der Waals surface area (Å²) < 4.78 is 5.54. The van der Waals surface area contributed by atoms with Crippen molar-refractivity contribution in [2.75, 3.05) is 0 Å². The van der Waals surface area contributed by atoms with Crippen LogP contribution in [-0.2, 0) is 11.3 Å². The average Bonchev–Trinajstić information content (AvgIpc) is 2.97. The molecule has 4 nitrogen and oxygen atoms in total. The summed E-state index contributed by atoms with van der Waals surface area (Å²) in [6, 6.07) is 19.7. The molecule has 0 aliphatic carbocycles. The maximum absolute atomic E-state index is 12.8. The van der Waals surface area contributed by atoms with Crippen LogP contribution >= 0.6 is 11.8 Å². The van der Waals surface area contributed by atoms with Crippen LogP contribution in [0.3, 0.4) is 0 Å². The summed E-state index contributed by atoms with van der Waals surface area (Å²) in [6.45, 7) is 4.04. The molecule has 3 aromatic rings. The number of nitrogens with one attached hydrogen (secondary N) is 1. The second-order valence-corrected chi connectivity index (χ2v) is 6.87. The maximum atomic E-state index is 12.8. The number of hydrogen-bond donors (Lipinski definition) is 1. The summed E-state index contributed by atoms with van der Waals surface area (Å²) in [6.07, 6.45) is 0. The molecule has 2 aromatic carbocycles. The van der Waals surface area contributed by atoms with E-state index in [0.29, 0.717) is 5.89 Å². The van der Waals surface area contributed by atoms with E-state index in [0.717, 1.165) is 21.9 Å². The number of amides is 1. The predicted octanol–water partition coefficient (Wildman–Crippen LogP) is 4.44. The Morgan fingerprint density at radius 3 is 2.32 bits per heavy atom. The molecule has 3 rings (SSSR count). The molecule has 0 aliphatic heterocycles. The fraction of sp³-hybridized carbons (Fsp3) is 0.200. The summed E-state index contributed by atoms with van der Waals surface area (Å²) in [5, 5.41) is 2.61. The number of nitrogens with zero attached hydrogens (tertiary/aromatic N) is 1. The second-order valence-electron chi connectivity index (χ2n) is 5.69. The van der Waals surface area contributed by atoms with E-state index in [2.05, 4.69) is 10.3 Å². The highest BCUT2D eigenvalue weighted by atomic mass is 32.2. The Kier molecular flexibility index (Phi) is 5.56. The van der Waals surface area contributed by atoms with Crippen LogP contribution in [0, 0.1) is 13.8 Å². The van der Waals surface area contributed by atoms with Crippen molar-refractivity contribution in [1.29, 1.82) is 0 Å². The Morgan fingerprint density at radius 1 is 1.08 bits per heavy atom. The first-order valence-corrected chi connectivity index (χ1v) is 8.98. The Morgan fingerprint density at radius 2 is 1.72 bits per heavy atom. The number of benzene rings is 2. The molecule has 0 fully saturated rings. The molecule has 1 aromatic heterocycles. The lowest BCUT2D eigenvalue weighted by Gasteiger charge is -2.16. The zero-order valence-corrected chi connectivity index (χ0v) is 15.0. The molecule has 1 unspecified atom stereocenters. The topological polar surface area (TPSA) is 55.1 Å². The van der Waals surface area contributed by atoms with Gasteiger partial charge in [-0.3, -0.25) is 4.79 Å². The van der Waals surface area contributed by atoms with Crippen LogP contribution in [0.15, 0.2) is 70.0 Å². The number of oxazole rings is 1. The third-order valence-corrected chi connectivity index (χ3v) is 5.09. The van der Waals surface area contributed by atoms with Crippen molar-refractivity contribution < 1.29 is 9.21 Å². The third kappa shape index (κ3) is 4.51. The molecule has 1 N–H and O–H groups in total. The number of aryl methyl sites for hydroxylation is 2. The largest absolute Gasteiger partial charge is 0.444 e. The zero-order valence-electron chi connectivity index (χ0n) is 14.2. The van der Waals surface area contributed by atoms with Gasteiger partial charge in [-0.15, -0.1) is 11.8 Å². The highest BCUT2D eigenvalue weighted by molar-refractivity contribution is 8.00. The van der Waals surface area contributed by atoms with Crippen LogP contribution in [0.4, 0.5) is 0 Å². The highest BCUT2D eigenvalue weighted by Gasteiger charge is 2.22. The lowest BCUT2D eigenvalue weighted by Crippen LogP contribution is -2.27. The van der Waals surface area contributed by atoms with Crippen molar-refractivity contribution in [1.82, 2.24) is 10.3 Å². The number of aromatic nitrogens is 1. The summed E-state index contributed by atoms with van der Waals surface area (Å²) in [4.78, 5) is 18.2. The van der Waals surface area contributed by atoms with Gasteiger partial charge in [0.2, 0.25) is 11.8 Å². The van der Waals surface area contributed by atoms with Gasteiger partial charge in [-0.25, -0.2) is 4.98 Å². The minimum absolute atomic E-state index is 0.0615. The van der Waals surface area contributed by atoms with E-state index in [-0.39, 0.29) is 17.7 Å². The van der Waals surface area contributed by atoms with E-state index < -0.39 is 0 Å². The van der Waals surface area contributed by atoms with Crippen molar-refractivity contribution in [3.8, 4) is 0 Å². The minimum Gasteiger partial charge on any atom is -0.444 e.